The molecule has 0 spiro atoms. The van der Waals surface area contributed by atoms with Crippen LogP contribution in [0.1, 0.15) is 18.4 Å². The molecule has 0 aromatic heterocycles. The first kappa shape index (κ1) is 21.4. The van der Waals surface area contributed by atoms with Crippen molar-refractivity contribution in [1.29, 1.82) is 5.41 Å². The average molecular weight is 399 g/mol. The summed E-state index contributed by atoms with van der Waals surface area (Å²) >= 11 is 0. The Balaban J connectivity index is 1.91. The van der Waals surface area contributed by atoms with Gasteiger partial charge in [-0.25, -0.2) is 0 Å². The van der Waals surface area contributed by atoms with E-state index in [-0.39, 0.29) is 31.9 Å². The highest BCUT2D eigenvalue weighted by atomic mass is 16.4. The highest BCUT2D eigenvalue weighted by Crippen LogP contribution is 2.19. The molecule has 1 fully saturated rings. The second-order valence-electron chi connectivity index (χ2n) is 6.34. The molecule has 1 atom stereocenters. The summed E-state index contributed by atoms with van der Waals surface area (Å²) in [5, 5.41) is 18.5. The SMILES string of the molecule is C#CC(CC(=O)O)NC(=O)CCN1CCN(c2ccc(C(=N)N)cc2)C(=O)C1=O. The molecule has 152 valence electrons. The van der Waals surface area contributed by atoms with Gasteiger partial charge < -0.3 is 26.0 Å². The van der Waals surface area contributed by atoms with Crippen molar-refractivity contribution in [3.63, 3.8) is 0 Å². The molecule has 1 aromatic carbocycles. The fraction of sp³-hybridized carbons (Fsp3) is 0.316. The van der Waals surface area contributed by atoms with Gasteiger partial charge in [-0.1, -0.05) is 5.92 Å². The van der Waals surface area contributed by atoms with Gasteiger partial charge in [-0.3, -0.25) is 24.6 Å². The van der Waals surface area contributed by atoms with E-state index in [1.54, 1.807) is 24.3 Å². The smallest absolute Gasteiger partial charge is 0.316 e. The van der Waals surface area contributed by atoms with Crippen LogP contribution in [-0.4, -0.2) is 65.2 Å². The van der Waals surface area contributed by atoms with Crippen LogP contribution in [0.25, 0.3) is 0 Å². The van der Waals surface area contributed by atoms with Crippen molar-refractivity contribution in [3.05, 3.63) is 29.8 Å². The number of rotatable bonds is 8. The standard InChI is InChI=1S/C19H21N5O5/c1-2-13(11-16(26)27)22-15(25)7-8-23-9-10-24(19(29)18(23)28)14-5-3-12(4-6-14)17(20)21/h1,3-6,13H,7-11H2,(H3,20,21)(H,22,25)(H,26,27). The number of anilines is 1. The number of nitrogens with one attached hydrogen (secondary N) is 2. The molecule has 5 N–H and O–H groups in total. The number of carboxylic acids is 1. The van der Waals surface area contributed by atoms with Crippen molar-refractivity contribution >= 4 is 35.2 Å². The average Bonchev–Trinajstić information content (AvgIpc) is 2.68. The Morgan fingerprint density at radius 3 is 2.45 bits per heavy atom. The Kier molecular flexibility index (Phi) is 6.92. The first-order valence-corrected chi connectivity index (χ1v) is 8.75. The molecule has 0 radical (unpaired) electrons. The number of nitrogen functional groups attached to an aromatic ring is 1. The number of terminal acetylenes is 1. The number of nitrogens with two attached hydrogens (primary N) is 1. The van der Waals surface area contributed by atoms with E-state index < -0.39 is 36.2 Å². The van der Waals surface area contributed by atoms with Crippen LogP contribution in [0.3, 0.4) is 0 Å². The van der Waals surface area contributed by atoms with Crippen LogP contribution in [0.15, 0.2) is 24.3 Å². The number of piperazine rings is 1. The Hall–Kier alpha value is -3.87. The van der Waals surface area contributed by atoms with Crippen LogP contribution < -0.4 is 16.0 Å². The van der Waals surface area contributed by atoms with Crippen molar-refractivity contribution in [2.24, 2.45) is 5.73 Å². The lowest BCUT2D eigenvalue weighted by Gasteiger charge is -2.33. The number of nitrogens with zero attached hydrogens (tertiary/aromatic N) is 2. The van der Waals surface area contributed by atoms with E-state index in [1.165, 1.54) is 9.80 Å². The van der Waals surface area contributed by atoms with E-state index in [9.17, 15) is 19.2 Å². The normalized spacial score (nSPS) is 14.9. The van der Waals surface area contributed by atoms with Crippen molar-refractivity contribution in [2.45, 2.75) is 18.9 Å². The van der Waals surface area contributed by atoms with E-state index in [1.807, 2.05) is 0 Å². The van der Waals surface area contributed by atoms with Crippen LogP contribution in [0.2, 0.25) is 0 Å². The van der Waals surface area contributed by atoms with E-state index in [0.29, 0.717) is 11.3 Å². The van der Waals surface area contributed by atoms with Crippen molar-refractivity contribution in [1.82, 2.24) is 10.2 Å². The van der Waals surface area contributed by atoms with Crippen LogP contribution in [0, 0.1) is 17.8 Å². The lowest BCUT2D eigenvalue weighted by Crippen LogP contribution is -2.55. The summed E-state index contributed by atoms with van der Waals surface area (Å²) in [5.41, 5.74) is 6.41. The highest BCUT2D eigenvalue weighted by Gasteiger charge is 2.33. The second-order valence-corrected chi connectivity index (χ2v) is 6.34. The van der Waals surface area contributed by atoms with Gasteiger partial charge in [0.05, 0.1) is 6.42 Å². The number of carbonyl (C=O) groups is 4. The number of amides is 3. The monoisotopic (exact) mass is 399 g/mol. The van der Waals surface area contributed by atoms with Gasteiger partial charge in [-0.05, 0) is 24.3 Å². The van der Waals surface area contributed by atoms with Crippen LogP contribution >= 0.6 is 0 Å². The molecule has 1 unspecified atom stereocenters. The summed E-state index contributed by atoms with van der Waals surface area (Å²) < 4.78 is 0. The van der Waals surface area contributed by atoms with E-state index >= 15 is 0 Å². The van der Waals surface area contributed by atoms with E-state index in [4.69, 9.17) is 22.7 Å². The number of hydrogen-bond donors (Lipinski definition) is 4. The molecule has 1 heterocycles. The minimum Gasteiger partial charge on any atom is -0.481 e. The summed E-state index contributed by atoms with van der Waals surface area (Å²) in [5.74, 6) is -1.02. The van der Waals surface area contributed by atoms with E-state index in [0.717, 1.165) is 0 Å². The Bertz CT molecular complexity index is 874. The third-order valence-electron chi connectivity index (χ3n) is 4.32. The third kappa shape index (κ3) is 5.55. The summed E-state index contributed by atoms with van der Waals surface area (Å²) in [4.78, 5) is 50.0. The molecule has 1 aliphatic rings. The molecule has 1 aliphatic heterocycles. The Labute approximate surface area is 167 Å². The number of hydrogen-bond acceptors (Lipinski definition) is 5. The molecular formula is C19H21N5O5. The first-order chi connectivity index (χ1) is 13.7. The van der Waals surface area contributed by atoms with Gasteiger partial charge in [0.2, 0.25) is 5.91 Å². The first-order valence-electron chi connectivity index (χ1n) is 8.75. The minimum absolute atomic E-state index is 0.0118. The molecule has 0 saturated carbocycles. The van der Waals surface area contributed by atoms with Gasteiger partial charge in [0.1, 0.15) is 11.9 Å². The maximum absolute atomic E-state index is 12.4. The highest BCUT2D eigenvalue weighted by molar-refractivity contribution is 6.41. The lowest BCUT2D eigenvalue weighted by atomic mass is 10.1. The van der Waals surface area contributed by atoms with Gasteiger partial charge >= 0.3 is 17.8 Å². The molecule has 10 heteroatoms. The van der Waals surface area contributed by atoms with Gasteiger partial charge in [0.15, 0.2) is 0 Å². The molecule has 1 saturated heterocycles. The zero-order valence-electron chi connectivity index (χ0n) is 15.6. The molecule has 3 amide bonds. The fourth-order valence-corrected chi connectivity index (χ4v) is 2.78. The van der Waals surface area contributed by atoms with Gasteiger partial charge in [0, 0.05) is 37.3 Å². The molecule has 29 heavy (non-hydrogen) atoms. The summed E-state index contributed by atoms with van der Waals surface area (Å²) in [6.45, 7) is 0.496. The Morgan fingerprint density at radius 2 is 1.90 bits per heavy atom. The van der Waals surface area contributed by atoms with Crippen LogP contribution in [0.5, 0.6) is 0 Å². The number of aliphatic carboxylic acids is 1. The zero-order chi connectivity index (χ0) is 21.6. The third-order valence-corrected chi connectivity index (χ3v) is 4.32. The molecule has 10 nitrogen and oxygen atoms in total. The molecule has 1 aromatic rings. The maximum Gasteiger partial charge on any atom is 0.316 e. The summed E-state index contributed by atoms with van der Waals surface area (Å²) in [7, 11) is 0. The number of carbonyl (C=O) groups excluding carboxylic acids is 3. The predicted molar refractivity (Wildman–Crippen MR) is 104 cm³/mol. The minimum atomic E-state index is -1.14. The van der Waals surface area contributed by atoms with Crippen molar-refractivity contribution < 1.29 is 24.3 Å². The van der Waals surface area contributed by atoms with Crippen molar-refractivity contribution in [3.8, 4) is 12.3 Å². The Morgan fingerprint density at radius 1 is 1.24 bits per heavy atom. The number of benzene rings is 1. The predicted octanol–water partition coefficient (Wildman–Crippen LogP) is -0.871. The number of amidine groups is 1. The van der Waals surface area contributed by atoms with Gasteiger partial charge in [0.25, 0.3) is 0 Å². The molecule has 0 bridgehead atoms. The fourth-order valence-electron chi connectivity index (χ4n) is 2.78. The quantitative estimate of drug-likeness (QED) is 0.193. The summed E-state index contributed by atoms with van der Waals surface area (Å²) in [6, 6.07) is 5.45. The molecular weight excluding hydrogens is 378 g/mol. The number of carboxylic acid groups (broad SMARTS) is 1. The second kappa shape index (κ2) is 9.36. The zero-order valence-corrected chi connectivity index (χ0v) is 15.6. The van der Waals surface area contributed by atoms with E-state index in [2.05, 4.69) is 11.2 Å². The van der Waals surface area contributed by atoms with Crippen LogP contribution in [0.4, 0.5) is 5.69 Å². The largest absolute Gasteiger partial charge is 0.481 e. The summed E-state index contributed by atoms with van der Waals surface area (Å²) in [6.07, 6.45) is 4.67. The van der Waals surface area contributed by atoms with Gasteiger partial charge in [-0.15, -0.1) is 6.42 Å². The maximum atomic E-state index is 12.4. The molecule has 2 rings (SSSR count). The van der Waals surface area contributed by atoms with Crippen LogP contribution in [-0.2, 0) is 19.2 Å². The van der Waals surface area contributed by atoms with Crippen molar-refractivity contribution in [2.75, 3.05) is 24.5 Å². The lowest BCUT2D eigenvalue weighted by molar-refractivity contribution is -0.146. The topological polar surface area (TPSA) is 157 Å². The molecule has 0 aliphatic carbocycles. The van der Waals surface area contributed by atoms with Gasteiger partial charge in [-0.2, -0.15) is 0 Å².